The van der Waals surface area contributed by atoms with Crippen molar-refractivity contribution in [2.45, 2.75) is 13.1 Å². The summed E-state index contributed by atoms with van der Waals surface area (Å²) in [7, 11) is 3.55. The van der Waals surface area contributed by atoms with Crippen molar-refractivity contribution in [1.29, 1.82) is 0 Å². The monoisotopic (exact) mass is 479 g/mol. The van der Waals surface area contributed by atoms with Crippen LogP contribution in [0.4, 0.5) is 11.8 Å². The van der Waals surface area contributed by atoms with Gasteiger partial charge in [-0.1, -0.05) is 11.6 Å². The number of benzene rings is 1. The number of nitrogens with zero attached hydrogens (tertiary/aromatic N) is 9. The van der Waals surface area contributed by atoms with Gasteiger partial charge in [-0.2, -0.15) is 0 Å². The van der Waals surface area contributed by atoms with Gasteiger partial charge in [0.15, 0.2) is 5.82 Å². The van der Waals surface area contributed by atoms with E-state index in [9.17, 15) is 4.79 Å². The van der Waals surface area contributed by atoms with Crippen LogP contribution in [0.2, 0.25) is 5.02 Å². The fraction of sp³-hybridized carbons (Fsp3) is 0.435. The van der Waals surface area contributed by atoms with Gasteiger partial charge in [-0.15, -0.1) is 10.2 Å². The molecule has 0 bridgehead atoms. The van der Waals surface area contributed by atoms with E-state index in [1.54, 1.807) is 31.5 Å². The number of amides is 1. The van der Waals surface area contributed by atoms with Crippen LogP contribution < -0.4 is 9.80 Å². The lowest BCUT2D eigenvalue weighted by molar-refractivity contribution is -0.130. The van der Waals surface area contributed by atoms with Crippen molar-refractivity contribution >= 4 is 29.3 Å². The molecule has 0 aliphatic carbocycles. The Morgan fingerprint density at radius 2 is 1.88 bits per heavy atom. The van der Waals surface area contributed by atoms with E-state index in [0.29, 0.717) is 24.7 Å². The Balaban J connectivity index is 1.24. The van der Waals surface area contributed by atoms with Crippen molar-refractivity contribution in [3.05, 3.63) is 53.2 Å². The molecule has 2 aromatic heterocycles. The van der Waals surface area contributed by atoms with Gasteiger partial charge < -0.3 is 14.7 Å². The Labute approximate surface area is 202 Å². The SMILES string of the molecule is CN(C)C(=O)CN1Cc2cc(Cl)ccc2-n2c(nnc2N2CC3(CN(c4ccncn4)C3)C2)C1. The summed E-state index contributed by atoms with van der Waals surface area (Å²) in [5, 5.41) is 9.80. The summed E-state index contributed by atoms with van der Waals surface area (Å²) in [4.78, 5) is 29.1. The highest BCUT2D eigenvalue weighted by molar-refractivity contribution is 6.30. The minimum Gasteiger partial charge on any atom is -0.355 e. The standard InChI is InChI=1S/C23H26ClN9O/c1-29(2)21(34)10-30-8-16-7-17(24)3-4-18(16)33-20(9-30)27-28-22(33)32-13-23(14-32)11-31(12-23)19-5-6-25-15-26-19/h3-7,15H,8-14H2,1-2H3. The van der Waals surface area contributed by atoms with Crippen molar-refractivity contribution in [2.75, 3.05) is 56.6 Å². The van der Waals surface area contributed by atoms with Gasteiger partial charge in [0.2, 0.25) is 11.9 Å². The van der Waals surface area contributed by atoms with Crippen LogP contribution in [0, 0.1) is 5.41 Å². The molecule has 3 aromatic rings. The molecule has 2 fully saturated rings. The van der Waals surface area contributed by atoms with Gasteiger partial charge in [-0.25, -0.2) is 9.97 Å². The highest BCUT2D eigenvalue weighted by atomic mass is 35.5. The molecule has 3 aliphatic heterocycles. The van der Waals surface area contributed by atoms with Crippen LogP contribution in [0.15, 0.2) is 36.8 Å². The summed E-state index contributed by atoms with van der Waals surface area (Å²) in [5.74, 6) is 2.72. The largest absolute Gasteiger partial charge is 0.355 e. The summed E-state index contributed by atoms with van der Waals surface area (Å²) in [6.07, 6.45) is 3.38. The molecule has 2 saturated heterocycles. The topological polar surface area (TPSA) is 86.5 Å². The molecule has 1 amide bonds. The Kier molecular flexibility index (Phi) is 4.96. The lowest BCUT2D eigenvalue weighted by Crippen LogP contribution is -2.73. The van der Waals surface area contributed by atoms with Crippen molar-refractivity contribution in [2.24, 2.45) is 5.41 Å². The first-order valence-corrected chi connectivity index (χ1v) is 11.7. The Bertz CT molecular complexity index is 1230. The first-order chi connectivity index (χ1) is 16.4. The number of carbonyl (C=O) groups excluding carboxylic acids is 1. The lowest BCUT2D eigenvalue weighted by atomic mass is 9.73. The average molecular weight is 480 g/mol. The third-order valence-corrected chi connectivity index (χ3v) is 7.13. The second-order valence-corrected chi connectivity index (χ2v) is 10.2. The van der Waals surface area contributed by atoms with Crippen LogP contribution in [-0.4, -0.2) is 87.3 Å². The molecule has 6 rings (SSSR count). The van der Waals surface area contributed by atoms with Gasteiger partial charge in [0, 0.05) is 63.5 Å². The van der Waals surface area contributed by atoms with E-state index in [1.165, 1.54) is 0 Å². The van der Waals surface area contributed by atoms with Crippen molar-refractivity contribution in [1.82, 2.24) is 34.5 Å². The van der Waals surface area contributed by atoms with Gasteiger partial charge in [0.1, 0.15) is 12.1 Å². The molecule has 0 atom stereocenters. The average Bonchev–Trinajstić information content (AvgIpc) is 3.08. The fourth-order valence-corrected chi connectivity index (χ4v) is 5.40. The van der Waals surface area contributed by atoms with E-state index in [-0.39, 0.29) is 11.3 Å². The van der Waals surface area contributed by atoms with E-state index >= 15 is 0 Å². The number of anilines is 2. The van der Waals surface area contributed by atoms with Gasteiger partial charge in [0.05, 0.1) is 18.8 Å². The quantitative estimate of drug-likeness (QED) is 0.555. The number of halogens is 1. The summed E-state index contributed by atoms with van der Waals surface area (Å²) in [6, 6.07) is 7.86. The molecule has 1 spiro atoms. The predicted molar refractivity (Wildman–Crippen MR) is 128 cm³/mol. The maximum atomic E-state index is 12.4. The number of carbonyl (C=O) groups is 1. The molecule has 0 N–H and O–H groups in total. The van der Waals surface area contributed by atoms with Crippen LogP contribution >= 0.6 is 11.6 Å². The first kappa shape index (κ1) is 21.3. The molecule has 5 heterocycles. The number of aromatic nitrogens is 5. The van der Waals surface area contributed by atoms with Crippen LogP contribution in [0.5, 0.6) is 0 Å². The van der Waals surface area contributed by atoms with E-state index in [2.05, 4.69) is 39.4 Å². The molecular weight excluding hydrogens is 454 g/mol. The van der Waals surface area contributed by atoms with Crippen molar-refractivity contribution in [3.8, 4) is 5.69 Å². The maximum absolute atomic E-state index is 12.4. The fourth-order valence-electron chi connectivity index (χ4n) is 5.20. The zero-order valence-corrected chi connectivity index (χ0v) is 20.0. The highest BCUT2D eigenvalue weighted by Gasteiger charge is 2.53. The van der Waals surface area contributed by atoms with E-state index in [0.717, 1.165) is 55.0 Å². The molecule has 176 valence electrons. The normalized spacial score (nSPS) is 18.6. The van der Waals surface area contributed by atoms with Crippen LogP contribution in [0.1, 0.15) is 11.4 Å². The number of rotatable bonds is 4. The Hall–Kier alpha value is -3.24. The molecule has 10 nitrogen and oxygen atoms in total. The maximum Gasteiger partial charge on any atom is 0.236 e. The summed E-state index contributed by atoms with van der Waals surface area (Å²) >= 11 is 6.35. The number of likely N-dealkylation sites (N-methyl/N-ethyl adjacent to an activating group) is 1. The van der Waals surface area contributed by atoms with Gasteiger partial charge in [-0.3, -0.25) is 14.3 Å². The van der Waals surface area contributed by atoms with E-state index in [4.69, 9.17) is 11.6 Å². The minimum absolute atomic E-state index is 0.0553. The molecule has 0 unspecified atom stereocenters. The van der Waals surface area contributed by atoms with Gasteiger partial charge >= 0.3 is 0 Å². The second-order valence-electron chi connectivity index (χ2n) is 9.74. The molecule has 34 heavy (non-hydrogen) atoms. The minimum atomic E-state index is 0.0553. The highest BCUT2D eigenvalue weighted by Crippen LogP contribution is 2.43. The molecule has 3 aliphatic rings. The molecule has 0 saturated carbocycles. The second kappa shape index (κ2) is 7.92. The smallest absolute Gasteiger partial charge is 0.236 e. The zero-order valence-electron chi connectivity index (χ0n) is 19.2. The van der Waals surface area contributed by atoms with Crippen molar-refractivity contribution in [3.63, 3.8) is 0 Å². The molecule has 11 heteroatoms. The third kappa shape index (κ3) is 3.57. The number of hydrogen-bond acceptors (Lipinski definition) is 8. The molecule has 1 aromatic carbocycles. The molecular formula is C23H26ClN9O. The number of hydrogen-bond donors (Lipinski definition) is 0. The lowest BCUT2D eigenvalue weighted by Gasteiger charge is -2.60. The Morgan fingerprint density at radius 1 is 1.09 bits per heavy atom. The summed E-state index contributed by atoms with van der Waals surface area (Å²) < 4.78 is 2.14. The third-order valence-electron chi connectivity index (χ3n) is 6.89. The predicted octanol–water partition coefficient (Wildman–Crippen LogP) is 1.44. The zero-order chi connectivity index (χ0) is 23.4. The first-order valence-electron chi connectivity index (χ1n) is 11.3. The summed E-state index contributed by atoms with van der Waals surface area (Å²) in [5.41, 5.74) is 2.35. The molecule has 0 radical (unpaired) electrons. The van der Waals surface area contributed by atoms with E-state index in [1.807, 2.05) is 24.3 Å². The van der Waals surface area contributed by atoms with Crippen LogP contribution in [0.25, 0.3) is 5.69 Å². The van der Waals surface area contributed by atoms with Gasteiger partial charge in [-0.05, 0) is 29.8 Å². The van der Waals surface area contributed by atoms with Gasteiger partial charge in [0.25, 0.3) is 0 Å². The Morgan fingerprint density at radius 3 is 2.62 bits per heavy atom. The summed E-state index contributed by atoms with van der Waals surface area (Å²) in [6.45, 7) is 5.29. The van der Waals surface area contributed by atoms with Crippen LogP contribution in [-0.2, 0) is 17.9 Å². The van der Waals surface area contributed by atoms with Crippen molar-refractivity contribution < 1.29 is 4.79 Å². The van der Waals surface area contributed by atoms with E-state index < -0.39 is 0 Å². The number of fused-ring (bicyclic) bond motifs is 3. The van der Waals surface area contributed by atoms with Crippen LogP contribution in [0.3, 0.4) is 0 Å².